The molecule has 0 unspecified atom stereocenters. The van der Waals surface area contributed by atoms with Crippen molar-refractivity contribution >= 4 is 54.3 Å². The minimum absolute atomic E-state index is 0.363. The van der Waals surface area contributed by atoms with E-state index in [9.17, 15) is 0 Å². The predicted molar refractivity (Wildman–Crippen MR) is 165 cm³/mol. The van der Waals surface area contributed by atoms with Gasteiger partial charge >= 0.3 is 0 Å². The molecule has 0 spiro atoms. The van der Waals surface area contributed by atoms with Crippen molar-refractivity contribution in [2.75, 3.05) is 0 Å². The van der Waals surface area contributed by atoms with Gasteiger partial charge in [-0.1, -0.05) is 64.1 Å². The second-order valence-corrected chi connectivity index (χ2v) is 12.5. The number of hydrogen-bond donors (Lipinski definition) is 2. The van der Waals surface area contributed by atoms with E-state index in [4.69, 9.17) is 9.97 Å². The molecule has 0 bridgehead atoms. The summed E-state index contributed by atoms with van der Waals surface area (Å²) >= 11 is 1.81. The molecule has 3 heterocycles. The SMILES string of the molecule is CC(C)c1nc2c3c(ccc2[nH]1)-c1ccc(-c2ccc4c(c2)c2sccc2c2nc(C(C)C)[nH]c42)cc1CC3. The molecule has 2 N–H and O–H groups in total. The van der Waals surface area contributed by atoms with Crippen LogP contribution in [0.5, 0.6) is 0 Å². The quantitative estimate of drug-likeness (QED) is 0.241. The summed E-state index contributed by atoms with van der Waals surface area (Å²) in [7, 11) is 0. The van der Waals surface area contributed by atoms with Gasteiger partial charge in [-0.15, -0.1) is 11.3 Å². The summed E-state index contributed by atoms with van der Waals surface area (Å²) in [5.41, 5.74) is 12.6. The number of aryl methyl sites for hydroxylation is 2. The second kappa shape index (κ2) is 8.27. The van der Waals surface area contributed by atoms with Gasteiger partial charge in [-0.05, 0) is 69.8 Å². The monoisotopic (exact) mass is 526 g/mol. The maximum absolute atomic E-state index is 4.98. The number of fused-ring (bicyclic) bond motifs is 11. The Hall–Kier alpha value is -3.96. The molecule has 8 rings (SSSR count). The smallest absolute Gasteiger partial charge is 0.109 e. The highest BCUT2D eigenvalue weighted by Gasteiger charge is 2.22. The van der Waals surface area contributed by atoms with Crippen molar-refractivity contribution in [3.05, 3.63) is 82.8 Å². The molecule has 3 aromatic heterocycles. The third kappa shape index (κ3) is 3.36. The first-order chi connectivity index (χ1) is 19.0. The number of nitrogens with one attached hydrogen (secondary N) is 2. The van der Waals surface area contributed by atoms with Crippen LogP contribution in [0.1, 0.15) is 62.3 Å². The molecule has 1 aliphatic carbocycles. The summed E-state index contributed by atoms with van der Waals surface area (Å²) in [5, 5.41) is 5.99. The van der Waals surface area contributed by atoms with E-state index in [1.54, 1.807) is 0 Å². The van der Waals surface area contributed by atoms with Gasteiger partial charge < -0.3 is 9.97 Å². The van der Waals surface area contributed by atoms with Crippen LogP contribution < -0.4 is 0 Å². The second-order valence-electron chi connectivity index (χ2n) is 11.6. The summed E-state index contributed by atoms with van der Waals surface area (Å²) < 4.78 is 1.32. The topological polar surface area (TPSA) is 57.4 Å². The molecular formula is C34H30N4S. The molecule has 0 radical (unpaired) electrons. The lowest BCUT2D eigenvalue weighted by Gasteiger charge is -2.21. The lowest BCUT2D eigenvalue weighted by atomic mass is 9.83. The fourth-order valence-corrected chi connectivity index (χ4v) is 7.25. The zero-order chi connectivity index (χ0) is 26.4. The van der Waals surface area contributed by atoms with Crippen LogP contribution in [0.2, 0.25) is 0 Å². The van der Waals surface area contributed by atoms with E-state index >= 15 is 0 Å². The van der Waals surface area contributed by atoms with Crippen LogP contribution in [-0.2, 0) is 12.8 Å². The average molecular weight is 527 g/mol. The van der Waals surface area contributed by atoms with Crippen molar-refractivity contribution in [1.82, 2.24) is 19.9 Å². The lowest BCUT2D eigenvalue weighted by Crippen LogP contribution is -2.05. The lowest BCUT2D eigenvalue weighted by molar-refractivity contribution is 0.798. The molecule has 192 valence electrons. The minimum Gasteiger partial charge on any atom is -0.342 e. The molecule has 0 amide bonds. The van der Waals surface area contributed by atoms with Crippen molar-refractivity contribution in [3.8, 4) is 22.3 Å². The van der Waals surface area contributed by atoms with Gasteiger partial charge in [0.1, 0.15) is 11.6 Å². The highest BCUT2D eigenvalue weighted by molar-refractivity contribution is 7.18. The fourth-order valence-electron chi connectivity index (χ4n) is 6.32. The van der Waals surface area contributed by atoms with Gasteiger partial charge in [-0.25, -0.2) is 9.97 Å². The van der Waals surface area contributed by atoms with Crippen LogP contribution in [0.15, 0.2) is 60.0 Å². The number of nitrogens with zero attached hydrogens (tertiary/aromatic N) is 2. The molecule has 0 atom stereocenters. The molecule has 0 aliphatic heterocycles. The van der Waals surface area contributed by atoms with Crippen LogP contribution >= 0.6 is 11.3 Å². The molecule has 0 saturated heterocycles. The van der Waals surface area contributed by atoms with Crippen LogP contribution in [0.4, 0.5) is 0 Å². The maximum atomic E-state index is 4.98. The maximum Gasteiger partial charge on any atom is 0.109 e. The molecular weight excluding hydrogens is 496 g/mol. The highest BCUT2D eigenvalue weighted by atomic mass is 32.1. The van der Waals surface area contributed by atoms with Crippen LogP contribution in [0.25, 0.3) is 65.2 Å². The number of imidazole rings is 2. The Bertz CT molecular complexity index is 2090. The highest BCUT2D eigenvalue weighted by Crippen LogP contribution is 2.42. The van der Waals surface area contributed by atoms with Crippen LogP contribution in [0.3, 0.4) is 0 Å². The number of aromatic nitrogens is 4. The van der Waals surface area contributed by atoms with E-state index in [1.807, 2.05) is 11.3 Å². The van der Waals surface area contributed by atoms with Gasteiger partial charge in [0.05, 0.1) is 22.1 Å². The van der Waals surface area contributed by atoms with Crippen molar-refractivity contribution in [3.63, 3.8) is 0 Å². The van der Waals surface area contributed by atoms with Gasteiger partial charge in [0.25, 0.3) is 0 Å². The van der Waals surface area contributed by atoms with E-state index < -0.39 is 0 Å². The van der Waals surface area contributed by atoms with Crippen LogP contribution in [-0.4, -0.2) is 19.9 Å². The van der Waals surface area contributed by atoms with Crippen molar-refractivity contribution in [1.29, 1.82) is 0 Å². The predicted octanol–water partition coefficient (Wildman–Crippen LogP) is 9.49. The van der Waals surface area contributed by atoms with E-state index in [1.165, 1.54) is 54.2 Å². The summed E-state index contributed by atoms with van der Waals surface area (Å²) in [4.78, 5) is 17.1. The third-order valence-corrected chi connectivity index (χ3v) is 9.37. The normalized spacial score (nSPS) is 13.4. The van der Waals surface area contributed by atoms with Crippen LogP contribution in [0, 0.1) is 0 Å². The first-order valence-electron chi connectivity index (χ1n) is 13.9. The molecule has 5 heteroatoms. The first-order valence-corrected chi connectivity index (χ1v) is 14.8. The van der Waals surface area contributed by atoms with Crippen molar-refractivity contribution in [2.24, 2.45) is 0 Å². The summed E-state index contributed by atoms with van der Waals surface area (Å²) in [6, 6.07) is 20.7. The zero-order valence-corrected chi connectivity index (χ0v) is 23.5. The summed E-state index contributed by atoms with van der Waals surface area (Å²) in [6.07, 6.45) is 2.06. The minimum atomic E-state index is 0.363. The number of thiophene rings is 1. The van der Waals surface area contributed by atoms with E-state index in [-0.39, 0.29) is 0 Å². The third-order valence-electron chi connectivity index (χ3n) is 8.42. The van der Waals surface area contributed by atoms with E-state index in [2.05, 4.69) is 97.6 Å². The zero-order valence-electron chi connectivity index (χ0n) is 22.6. The molecule has 0 fully saturated rings. The van der Waals surface area contributed by atoms with E-state index in [0.29, 0.717) is 11.8 Å². The van der Waals surface area contributed by atoms with Gasteiger partial charge in [0.15, 0.2) is 0 Å². The van der Waals surface area contributed by atoms with Gasteiger partial charge in [-0.3, -0.25) is 0 Å². The number of aromatic amines is 2. The summed E-state index contributed by atoms with van der Waals surface area (Å²) in [5.74, 6) is 2.88. The Kier molecular flexibility index (Phi) is 4.87. The number of hydrogen-bond acceptors (Lipinski definition) is 3. The van der Waals surface area contributed by atoms with Gasteiger partial charge in [0, 0.05) is 32.7 Å². The molecule has 4 aromatic carbocycles. The molecule has 1 aliphatic rings. The Morgan fingerprint density at radius 2 is 1.44 bits per heavy atom. The Balaban J connectivity index is 1.26. The Labute approximate surface area is 231 Å². The Morgan fingerprint density at radius 3 is 2.28 bits per heavy atom. The summed E-state index contributed by atoms with van der Waals surface area (Å²) in [6.45, 7) is 8.77. The Morgan fingerprint density at radius 1 is 0.692 bits per heavy atom. The standard InChI is InChI=1S/C34H30N4S/c1-17(2)33-35-28-12-11-23-22-8-5-19(15-21(22)7-10-24(23)29(28)36-33)20-6-9-25-27(16-20)32-26(13-14-39-32)31-30(25)37-34(38-31)18(3)4/h5-6,8-9,11-18H,7,10H2,1-4H3,(H,35,36)(H,37,38). The number of rotatable bonds is 3. The fraction of sp³-hybridized carbons (Fsp3) is 0.235. The van der Waals surface area contributed by atoms with Gasteiger partial charge in [-0.2, -0.15) is 0 Å². The van der Waals surface area contributed by atoms with Crippen molar-refractivity contribution < 1.29 is 0 Å². The number of H-pyrrole nitrogens is 2. The average Bonchev–Trinajstić information content (AvgIpc) is 3.70. The van der Waals surface area contributed by atoms with E-state index in [0.717, 1.165) is 46.6 Å². The molecule has 0 saturated carbocycles. The first kappa shape index (κ1) is 23.0. The molecule has 7 aromatic rings. The van der Waals surface area contributed by atoms with Crippen molar-refractivity contribution in [2.45, 2.75) is 52.4 Å². The van der Waals surface area contributed by atoms with Gasteiger partial charge in [0.2, 0.25) is 0 Å². The molecule has 39 heavy (non-hydrogen) atoms. The molecule has 4 nitrogen and oxygen atoms in total. The largest absolute Gasteiger partial charge is 0.342 e. The number of benzene rings is 4.